The van der Waals surface area contributed by atoms with Gasteiger partial charge in [0.05, 0.1) is 16.8 Å². The van der Waals surface area contributed by atoms with Crippen molar-refractivity contribution in [3.8, 4) is 5.75 Å². The van der Waals surface area contributed by atoms with Crippen LogP contribution in [0.25, 0.3) is 10.2 Å². The third-order valence-electron chi connectivity index (χ3n) is 4.04. The molecule has 5 heteroatoms. The Morgan fingerprint density at radius 3 is 3.00 bits per heavy atom. The fraction of sp³-hybridized carbons (Fsp3) is 0.562. The van der Waals surface area contributed by atoms with Crippen LogP contribution in [-0.4, -0.2) is 42.2 Å². The second-order valence-electron chi connectivity index (χ2n) is 5.71. The molecule has 1 unspecified atom stereocenters. The van der Waals surface area contributed by atoms with Crippen molar-refractivity contribution in [1.29, 1.82) is 0 Å². The van der Waals surface area contributed by atoms with E-state index in [-0.39, 0.29) is 0 Å². The number of ether oxygens (including phenoxy) is 1. The maximum atomic E-state index is 5.54. The van der Waals surface area contributed by atoms with E-state index in [1.54, 1.807) is 11.3 Å². The average molecular weight is 305 g/mol. The van der Waals surface area contributed by atoms with Crippen molar-refractivity contribution in [3.63, 3.8) is 0 Å². The van der Waals surface area contributed by atoms with Crippen LogP contribution in [0.4, 0.5) is 5.13 Å². The maximum Gasteiger partial charge on any atom is 0.183 e. The molecule has 0 bridgehead atoms. The van der Waals surface area contributed by atoms with E-state index in [1.165, 1.54) is 17.5 Å². The lowest BCUT2D eigenvalue weighted by molar-refractivity contribution is 0.257. The van der Waals surface area contributed by atoms with Crippen LogP contribution in [0.15, 0.2) is 18.2 Å². The summed E-state index contributed by atoms with van der Waals surface area (Å²) in [5.74, 6) is 0.919. The quantitative estimate of drug-likeness (QED) is 0.848. The van der Waals surface area contributed by atoms with E-state index in [2.05, 4.69) is 35.2 Å². The van der Waals surface area contributed by atoms with Crippen molar-refractivity contribution in [1.82, 2.24) is 9.88 Å². The van der Waals surface area contributed by atoms with Crippen LogP contribution >= 0.6 is 11.3 Å². The fourth-order valence-electron chi connectivity index (χ4n) is 2.46. The predicted molar refractivity (Wildman–Crippen MR) is 89.5 cm³/mol. The molecular formula is C16H23N3OS. The maximum absolute atomic E-state index is 5.54. The topological polar surface area (TPSA) is 37.4 Å². The Morgan fingerprint density at radius 1 is 1.48 bits per heavy atom. The lowest BCUT2D eigenvalue weighted by Crippen LogP contribution is -2.36. The zero-order chi connectivity index (χ0) is 14.8. The molecule has 114 valence electrons. The Hall–Kier alpha value is -1.33. The van der Waals surface area contributed by atoms with Gasteiger partial charge in [-0.15, -0.1) is 0 Å². The van der Waals surface area contributed by atoms with Gasteiger partial charge in [0.15, 0.2) is 5.13 Å². The summed E-state index contributed by atoms with van der Waals surface area (Å²) >= 11 is 1.69. The first-order chi connectivity index (χ1) is 10.2. The molecule has 0 spiro atoms. The highest BCUT2D eigenvalue weighted by molar-refractivity contribution is 7.22. The normalized spacial score (nSPS) is 16.4. The highest BCUT2D eigenvalue weighted by atomic mass is 32.1. The molecule has 0 amide bonds. The Labute approximate surface area is 130 Å². The molecule has 21 heavy (non-hydrogen) atoms. The van der Waals surface area contributed by atoms with Gasteiger partial charge in [0.25, 0.3) is 0 Å². The van der Waals surface area contributed by atoms with E-state index < -0.39 is 0 Å². The Balaban J connectivity index is 1.63. The first-order valence-electron chi connectivity index (χ1n) is 7.66. The summed E-state index contributed by atoms with van der Waals surface area (Å²) in [4.78, 5) is 7.10. The lowest BCUT2D eigenvalue weighted by Gasteiger charge is -2.24. The van der Waals surface area contributed by atoms with Crippen LogP contribution in [0, 0.1) is 0 Å². The molecule has 0 radical (unpaired) electrons. The Kier molecular flexibility index (Phi) is 4.31. The van der Waals surface area contributed by atoms with E-state index in [1.807, 2.05) is 19.1 Å². The molecule has 0 aliphatic heterocycles. The van der Waals surface area contributed by atoms with Gasteiger partial charge in [0.1, 0.15) is 5.75 Å². The first-order valence-corrected chi connectivity index (χ1v) is 8.48. The summed E-state index contributed by atoms with van der Waals surface area (Å²) in [5.41, 5.74) is 1.04. The minimum absolute atomic E-state index is 0.531. The van der Waals surface area contributed by atoms with Crippen LogP contribution in [0.3, 0.4) is 0 Å². The van der Waals surface area contributed by atoms with Gasteiger partial charge >= 0.3 is 0 Å². The third-order valence-corrected chi connectivity index (χ3v) is 5.01. The van der Waals surface area contributed by atoms with Crippen LogP contribution in [0.1, 0.15) is 26.7 Å². The number of fused-ring (bicyclic) bond motifs is 1. The zero-order valence-electron chi connectivity index (χ0n) is 12.9. The smallest absolute Gasteiger partial charge is 0.183 e. The second kappa shape index (κ2) is 6.20. The van der Waals surface area contributed by atoms with Crippen molar-refractivity contribution in [2.45, 2.75) is 38.8 Å². The van der Waals surface area contributed by atoms with Crippen molar-refractivity contribution < 1.29 is 4.74 Å². The molecule has 3 rings (SSSR count). The number of thiazole rings is 1. The number of hydrogen-bond donors (Lipinski definition) is 1. The lowest BCUT2D eigenvalue weighted by atomic mass is 10.3. The standard InChI is InChI=1S/C16H23N3OS/c1-4-20-13-7-8-14-15(9-13)21-16(18-14)17-10-11(2)19(3)12-5-6-12/h7-9,11-12H,4-6,10H2,1-3H3,(H,17,18). The highest BCUT2D eigenvalue weighted by Crippen LogP contribution is 2.30. The van der Waals surface area contributed by atoms with Crippen LogP contribution in [0.2, 0.25) is 0 Å². The van der Waals surface area contributed by atoms with Gasteiger partial charge in [-0.2, -0.15) is 0 Å². The summed E-state index contributed by atoms with van der Waals surface area (Å²) in [6.07, 6.45) is 2.70. The van der Waals surface area contributed by atoms with E-state index in [0.29, 0.717) is 12.6 Å². The largest absolute Gasteiger partial charge is 0.494 e. The van der Waals surface area contributed by atoms with E-state index in [9.17, 15) is 0 Å². The summed E-state index contributed by atoms with van der Waals surface area (Å²) in [5, 5.41) is 4.47. The summed E-state index contributed by atoms with van der Waals surface area (Å²) in [6.45, 7) is 5.90. The molecule has 1 saturated carbocycles. The van der Waals surface area contributed by atoms with Gasteiger partial charge in [0.2, 0.25) is 0 Å². The molecule has 0 saturated heterocycles. The highest BCUT2D eigenvalue weighted by Gasteiger charge is 2.28. The Bertz CT molecular complexity index is 609. The fourth-order valence-corrected chi connectivity index (χ4v) is 3.36. The van der Waals surface area contributed by atoms with Gasteiger partial charge < -0.3 is 10.1 Å². The Morgan fingerprint density at radius 2 is 2.29 bits per heavy atom. The monoisotopic (exact) mass is 305 g/mol. The van der Waals surface area contributed by atoms with Crippen LogP contribution in [0.5, 0.6) is 5.75 Å². The number of nitrogens with one attached hydrogen (secondary N) is 1. The number of benzene rings is 1. The molecule has 1 aromatic heterocycles. The SMILES string of the molecule is CCOc1ccc2nc(NCC(C)N(C)C3CC3)sc2c1. The molecule has 1 aliphatic rings. The number of rotatable bonds is 7. The van der Waals surface area contributed by atoms with Crippen molar-refractivity contribution in [2.24, 2.45) is 0 Å². The van der Waals surface area contributed by atoms with E-state index in [0.717, 1.165) is 29.0 Å². The van der Waals surface area contributed by atoms with Crippen LogP contribution < -0.4 is 10.1 Å². The molecule has 1 fully saturated rings. The zero-order valence-corrected chi connectivity index (χ0v) is 13.7. The predicted octanol–water partition coefficient (Wildman–Crippen LogP) is 3.59. The molecule has 1 atom stereocenters. The van der Waals surface area contributed by atoms with Gasteiger partial charge in [-0.1, -0.05) is 11.3 Å². The number of anilines is 1. The number of likely N-dealkylation sites (N-methyl/N-ethyl adjacent to an activating group) is 1. The summed E-state index contributed by atoms with van der Waals surface area (Å²) in [6, 6.07) is 7.41. The molecule has 2 aromatic rings. The number of aromatic nitrogens is 1. The summed E-state index contributed by atoms with van der Waals surface area (Å²) in [7, 11) is 2.22. The molecule has 1 heterocycles. The number of hydrogen-bond acceptors (Lipinski definition) is 5. The molecule has 4 nitrogen and oxygen atoms in total. The molecule has 1 aromatic carbocycles. The van der Waals surface area contributed by atoms with E-state index in [4.69, 9.17) is 4.74 Å². The molecular weight excluding hydrogens is 282 g/mol. The number of nitrogens with zero attached hydrogens (tertiary/aromatic N) is 2. The minimum Gasteiger partial charge on any atom is -0.494 e. The van der Waals surface area contributed by atoms with Gasteiger partial charge in [0, 0.05) is 18.6 Å². The molecule has 1 N–H and O–H groups in total. The van der Waals surface area contributed by atoms with Crippen molar-refractivity contribution in [2.75, 3.05) is 25.5 Å². The summed E-state index contributed by atoms with van der Waals surface area (Å²) < 4.78 is 6.71. The van der Waals surface area contributed by atoms with Gasteiger partial charge in [-0.25, -0.2) is 4.98 Å². The van der Waals surface area contributed by atoms with Gasteiger partial charge in [-0.3, -0.25) is 4.90 Å². The average Bonchev–Trinajstić information content (AvgIpc) is 3.24. The van der Waals surface area contributed by atoms with Gasteiger partial charge in [-0.05, 0) is 51.9 Å². The minimum atomic E-state index is 0.531. The second-order valence-corrected chi connectivity index (χ2v) is 6.74. The van der Waals surface area contributed by atoms with Crippen molar-refractivity contribution in [3.05, 3.63) is 18.2 Å². The molecule has 1 aliphatic carbocycles. The third kappa shape index (κ3) is 3.47. The van der Waals surface area contributed by atoms with E-state index >= 15 is 0 Å². The van der Waals surface area contributed by atoms with Crippen molar-refractivity contribution >= 4 is 26.7 Å². The first kappa shape index (κ1) is 14.6. The van der Waals surface area contributed by atoms with Crippen LogP contribution in [-0.2, 0) is 0 Å².